The molecule has 0 unspecified atom stereocenters. The van der Waals surface area contributed by atoms with Gasteiger partial charge in [0.05, 0.1) is 35.2 Å². The van der Waals surface area contributed by atoms with Crippen LogP contribution >= 0.6 is 22.9 Å². The number of nitrogens with one attached hydrogen (secondary N) is 1. The third kappa shape index (κ3) is 3.77. The number of carbonyl (C=O) groups is 1. The number of anilines is 2. The van der Waals surface area contributed by atoms with E-state index in [1.165, 1.54) is 32.0 Å². The minimum atomic E-state index is -0.236. The summed E-state index contributed by atoms with van der Waals surface area (Å²) in [7, 11) is 3.06. The number of hydrogen-bond donors (Lipinski definition) is 1. The van der Waals surface area contributed by atoms with Crippen LogP contribution in [0.25, 0.3) is 10.2 Å². The Balaban J connectivity index is 1.69. The van der Waals surface area contributed by atoms with Crippen LogP contribution in [0.4, 0.5) is 11.5 Å². The van der Waals surface area contributed by atoms with Gasteiger partial charge in [0.2, 0.25) is 0 Å². The van der Waals surface area contributed by atoms with E-state index in [9.17, 15) is 4.79 Å². The Kier molecular flexibility index (Phi) is 5.97. The number of halogens is 1. The number of nitrogens with zero attached hydrogens (tertiary/aromatic N) is 3. The van der Waals surface area contributed by atoms with Gasteiger partial charge in [-0.2, -0.15) is 0 Å². The summed E-state index contributed by atoms with van der Waals surface area (Å²) in [6.45, 7) is 3.90. The number of hydrogen-bond acceptors (Lipinski definition) is 7. The van der Waals surface area contributed by atoms with Gasteiger partial charge in [-0.1, -0.05) is 11.6 Å². The molecule has 1 amide bonds. The summed E-state index contributed by atoms with van der Waals surface area (Å²) in [4.78, 5) is 25.8. The number of aromatic nitrogens is 2. The maximum absolute atomic E-state index is 13.1. The van der Waals surface area contributed by atoms with E-state index in [4.69, 9.17) is 21.1 Å². The number of benzene rings is 1. The molecule has 0 bridgehead atoms. The SMILES string of the molecule is COc1cc(OC)c(NC(=O)c2sc3ncnc(N4CCCCC4)c3c2C)cc1Cl. The second-order valence-corrected chi connectivity index (χ2v) is 8.53. The molecule has 9 heteroatoms. The summed E-state index contributed by atoms with van der Waals surface area (Å²) in [5, 5.41) is 4.26. The van der Waals surface area contributed by atoms with Crippen LogP contribution in [0.3, 0.4) is 0 Å². The van der Waals surface area contributed by atoms with Crippen molar-refractivity contribution in [2.75, 3.05) is 37.5 Å². The largest absolute Gasteiger partial charge is 0.495 e. The van der Waals surface area contributed by atoms with Crippen LogP contribution in [0.15, 0.2) is 18.5 Å². The standard InChI is InChI=1S/C21H23ClN4O3S/c1-12-17-19(26-7-5-4-6-8-26)23-11-24-21(17)30-18(12)20(27)25-14-9-13(22)15(28-2)10-16(14)29-3/h9-11H,4-8H2,1-3H3,(H,25,27). The molecule has 0 radical (unpaired) electrons. The molecule has 7 nitrogen and oxygen atoms in total. The number of ether oxygens (including phenoxy) is 2. The van der Waals surface area contributed by atoms with Gasteiger partial charge >= 0.3 is 0 Å². The smallest absolute Gasteiger partial charge is 0.266 e. The summed E-state index contributed by atoms with van der Waals surface area (Å²) in [6.07, 6.45) is 5.13. The maximum atomic E-state index is 13.1. The van der Waals surface area contributed by atoms with E-state index in [0.29, 0.717) is 27.1 Å². The van der Waals surface area contributed by atoms with Gasteiger partial charge in [0.25, 0.3) is 5.91 Å². The van der Waals surface area contributed by atoms with Gasteiger partial charge in [-0.3, -0.25) is 4.79 Å². The van der Waals surface area contributed by atoms with Crippen LogP contribution in [0.1, 0.15) is 34.5 Å². The van der Waals surface area contributed by atoms with Crippen LogP contribution in [0, 0.1) is 6.92 Å². The van der Waals surface area contributed by atoms with Crippen LogP contribution in [0.5, 0.6) is 11.5 Å². The number of carbonyl (C=O) groups excluding carboxylic acids is 1. The molecule has 0 spiro atoms. The first-order chi connectivity index (χ1) is 14.5. The average Bonchev–Trinajstić information content (AvgIpc) is 3.11. The number of fused-ring (bicyclic) bond motifs is 1. The highest BCUT2D eigenvalue weighted by molar-refractivity contribution is 7.20. The van der Waals surface area contributed by atoms with Crippen molar-refractivity contribution in [2.45, 2.75) is 26.2 Å². The van der Waals surface area contributed by atoms with Crippen LogP contribution in [-0.4, -0.2) is 43.2 Å². The molecule has 1 aliphatic heterocycles. The fraction of sp³-hybridized carbons (Fsp3) is 0.381. The van der Waals surface area contributed by atoms with Gasteiger partial charge in [-0.25, -0.2) is 9.97 Å². The summed E-state index contributed by atoms with van der Waals surface area (Å²) >= 11 is 7.60. The second kappa shape index (κ2) is 8.65. The van der Waals surface area contributed by atoms with E-state index in [1.54, 1.807) is 18.5 Å². The molecule has 3 heterocycles. The molecule has 0 aliphatic carbocycles. The first kappa shape index (κ1) is 20.7. The molecule has 158 valence electrons. The minimum absolute atomic E-state index is 0.236. The van der Waals surface area contributed by atoms with Gasteiger partial charge in [0.1, 0.15) is 28.5 Å². The Morgan fingerprint density at radius 2 is 1.87 bits per heavy atom. The molecule has 1 fully saturated rings. The van der Waals surface area contributed by atoms with Gasteiger partial charge in [-0.15, -0.1) is 11.3 Å². The van der Waals surface area contributed by atoms with Crippen molar-refractivity contribution in [1.82, 2.24) is 9.97 Å². The summed E-state index contributed by atoms with van der Waals surface area (Å²) in [5.74, 6) is 1.63. The number of methoxy groups -OCH3 is 2. The molecule has 1 aromatic carbocycles. The van der Waals surface area contributed by atoms with E-state index < -0.39 is 0 Å². The average molecular weight is 447 g/mol. The molecule has 0 atom stereocenters. The Morgan fingerprint density at radius 3 is 2.57 bits per heavy atom. The van der Waals surface area contributed by atoms with Gasteiger partial charge in [-0.05, 0) is 37.8 Å². The van der Waals surface area contributed by atoms with Crippen molar-refractivity contribution >= 4 is 50.6 Å². The molecule has 1 aliphatic rings. The Hall–Kier alpha value is -2.58. The highest BCUT2D eigenvalue weighted by Crippen LogP contribution is 2.38. The molecule has 1 N–H and O–H groups in total. The van der Waals surface area contributed by atoms with E-state index in [2.05, 4.69) is 20.2 Å². The fourth-order valence-corrected chi connectivity index (χ4v) is 5.03. The third-order valence-electron chi connectivity index (χ3n) is 5.29. The summed E-state index contributed by atoms with van der Waals surface area (Å²) in [6, 6.07) is 3.27. The molecular weight excluding hydrogens is 424 g/mol. The lowest BCUT2D eigenvalue weighted by Gasteiger charge is -2.28. The van der Waals surface area contributed by atoms with Crippen molar-refractivity contribution in [1.29, 1.82) is 0 Å². The number of amides is 1. The van der Waals surface area contributed by atoms with Crippen molar-refractivity contribution < 1.29 is 14.3 Å². The zero-order valence-electron chi connectivity index (χ0n) is 17.1. The Labute approximate surface area is 184 Å². The molecule has 2 aromatic heterocycles. The predicted molar refractivity (Wildman–Crippen MR) is 121 cm³/mol. The molecule has 0 saturated carbocycles. The first-order valence-electron chi connectivity index (χ1n) is 9.75. The molecular formula is C21H23ClN4O3S. The maximum Gasteiger partial charge on any atom is 0.266 e. The normalized spacial score (nSPS) is 14.1. The molecule has 3 aromatic rings. The number of aryl methyl sites for hydroxylation is 1. The van der Waals surface area contributed by atoms with Gasteiger partial charge in [0, 0.05) is 19.2 Å². The Bertz CT molecular complexity index is 1100. The van der Waals surface area contributed by atoms with Crippen LogP contribution in [0.2, 0.25) is 5.02 Å². The van der Waals surface area contributed by atoms with Gasteiger partial charge < -0.3 is 19.7 Å². The molecule has 30 heavy (non-hydrogen) atoms. The Morgan fingerprint density at radius 1 is 1.13 bits per heavy atom. The second-order valence-electron chi connectivity index (χ2n) is 7.12. The molecule has 4 rings (SSSR count). The summed E-state index contributed by atoms with van der Waals surface area (Å²) in [5.41, 5.74) is 1.36. The van der Waals surface area contributed by atoms with Gasteiger partial charge in [0.15, 0.2) is 0 Å². The summed E-state index contributed by atoms with van der Waals surface area (Å²) < 4.78 is 10.6. The predicted octanol–water partition coefficient (Wildman–Crippen LogP) is 4.91. The highest BCUT2D eigenvalue weighted by Gasteiger charge is 2.23. The third-order valence-corrected chi connectivity index (χ3v) is 6.78. The zero-order valence-corrected chi connectivity index (χ0v) is 18.7. The van der Waals surface area contributed by atoms with Crippen molar-refractivity contribution in [3.05, 3.63) is 33.9 Å². The minimum Gasteiger partial charge on any atom is -0.495 e. The van der Waals surface area contributed by atoms with Crippen LogP contribution in [-0.2, 0) is 0 Å². The fourth-order valence-electron chi connectivity index (χ4n) is 3.75. The monoisotopic (exact) mass is 446 g/mol. The number of piperidine rings is 1. The number of rotatable bonds is 5. The first-order valence-corrected chi connectivity index (χ1v) is 10.9. The van der Waals surface area contributed by atoms with Crippen LogP contribution < -0.4 is 19.7 Å². The lowest BCUT2D eigenvalue weighted by Crippen LogP contribution is -2.30. The molecule has 1 saturated heterocycles. The van der Waals surface area contributed by atoms with Crippen molar-refractivity contribution in [2.24, 2.45) is 0 Å². The zero-order chi connectivity index (χ0) is 21.3. The van der Waals surface area contributed by atoms with E-state index in [-0.39, 0.29) is 5.91 Å². The van der Waals surface area contributed by atoms with Crippen molar-refractivity contribution in [3.8, 4) is 11.5 Å². The topological polar surface area (TPSA) is 76.6 Å². The van der Waals surface area contributed by atoms with E-state index >= 15 is 0 Å². The highest BCUT2D eigenvalue weighted by atomic mass is 35.5. The van der Waals surface area contributed by atoms with E-state index in [1.807, 2.05) is 6.92 Å². The van der Waals surface area contributed by atoms with E-state index in [0.717, 1.165) is 47.5 Å². The van der Waals surface area contributed by atoms with Crippen molar-refractivity contribution in [3.63, 3.8) is 0 Å². The lowest BCUT2D eigenvalue weighted by molar-refractivity contribution is 0.102. The quantitative estimate of drug-likeness (QED) is 0.599. The number of thiophene rings is 1. The lowest BCUT2D eigenvalue weighted by atomic mass is 10.1.